The van der Waals surface area contributed by atoms with E-state index in [-0.39, 0.29) is 30.1 Å². The number of aliphatic imine (C=N–C) groups is 1. The summed E-state index contributed by atoms with van der Waals surface area (Å²) in [4.78, 5) is 27.7. The van der Waals surface area contributed by atoms with Gasteiger partial charge in [0.05, 0.1) is 12.2 Å². The van der Waals surface area contributed by atoms with Crippen molar-refractivity contribution in [2.45, 2.75) is 52.7 Å². The van der Waals surface area contributed by atoms with Crippen LogP contribution in [0.1, 0.15) is 46.2 Å². The van der Waals surface area contributed by atoms with Gasteiger partial charge in [-0.2, -0.15) is 0 Å². The number of hydrogen-bond acceptors (Lipinski definition) is 5. The van der Waals surface area contributed by atoms with Gasteiger partial charge in [-0.1, -0.05) is 6.07 Å². The highest BCUT2D eigenvalue weighted by Crippen LogP contribution is 2.20. The number of nitrogens with zero attached hydrogens (tertiary/aromatic N) is 5. The van der Waals surface area contributed by atoms with E-state index < -0.39 is 5.60 Å². The quantitative estimate of drug-likeness (QED) is 0.324. The largest absolute Gasteiger partial charge is 0.444 e. The summed E-state index contributed by atoms with van der Waals surface area (Å²) in [5.41, 5.74) is 0.519. The van der Waals surface area contributed by atoms with Crippen LogP contribution in [0.2, 0.25) is 0 Å². The second-order valence-corrected chi connectivity index (χ2v) is 9.23. The Morgan fingerprint density at radius 2 is 1.94 bits per heavy atom. The van der Waals surface area contributed by atoms with Gasteiger partial charge < -0.3 is 24.8 Å². The highest BCUT2D eigenvalue weighted by atomic mass is 127. The van der Waals surface area contributed by atoms with Crippen LogP contribution in [0, 0.1) is 5.92 Å². The number of pyridine rings is 1. The first-order chi connectivity index (χ1) is 14.6. The molecule has 0 bridgehead atoms. The van der Waals surface area contributed by atoms with E-state index in [9.17, 15) is 4.79 Å². The lowest BCUT2D eigenvalue weighted by Gasteiger charge is -2.36. The van der Waals surface area contributed by atoms with Crippen LogP contribution in [0.4, 0.5) is 10.6 Å². The number of piperidine rings is 1. The molecule has 1 aliphatic heterocycles. The van der Waals surface area contributed by atoms with E-state index in [1.807, 2.05) is 76.8 Å². The molecule has 2 heterocycles. The number of hydrogen-bond donors (Lipinski definition) is 1. The predicted octanol–water partition coefficient (Wildman–Crippen LogP) is 3.81. The molecule has 1 aromatic heterocycles. The van der Waals surface area contributed by atoms with E-state index in [2.05, 4.69) is 20.2 Å². The van der Waals surface area contributed by atoms with Crippen LogP contribution in [-0.4, -0.2) is 79.8 Å². The fourth-order valence-electron chi connectivity index (χ4n) is 3.61. The van der Waals surface area contributed by atoms with Crippen LogP contribution < -0.4 is 10.2 Å². The number of rotatable bonds is 6. The van der Waals surface area contributed by atoms with Crippen molar-refractivity contribution in [3.05, 3.63) is 23.9 Å². The normalized spacial score (nSPS) is 15.1. The maximum atomic E-state index is 12.4. The number of aromatic nitrogens is 1. The van der Waals surface area contributed by atoms with Crippen LogP contribution in [0.5, 0.6) is 0 Å². The fourth-order valence-corrected chi connectivity index (χ4v) is 3.61. The molecular weight excluding hydrogens is 519 g/mol. The molecule has 1 aliphatic rings. The molecular formula is C23H41IN6O2. The lowest BCUT2D eigenvalue weighted by atomic mass is 9.96. The van der Waals surface area contributed by atoms with Crippen LogP contribution in [0.25, 0.3) is 0 Å². The summed E-state index contributed by atoms with van der Waals surface area (Å²) >= 11 is 0. The third kappa shape index (κ3) is 8.99. The Bertz CT molecular complexity index is 742. The minimum atomic E-state index is -0.465. The average molecular weight is 561 g/mol. The van der Waals surface area contributed by atoms with Gasteiger partial charge in [0.15, 0.2) is 5.96 Å². The summed E-state index contributed by atoms with van der Waals surface area (Å²) in [7, 11) is 5.80. The highest BCUT2D eigenvalue weighted by molar-refractivity contribution is 14.0. The number of carbonyl (C=O) groups is 1. The number of carbonyl (C=O) groups excluding carboxylic acids is 1. The van der Waals surface area contributed by atoms with Gasteiger partial charge in [-0.15, -0.1) is 24.0 Å². The van der Waals surface area contributed by atoms with Crippen molar-refractivity contribution in [1.82, 2.24) is 20.1 Å². The van der Waals surface area contributed by atoms with Crippen molar-refractivity contribution in [2.24, 2.45) is 10.9 Å². The molecule has 0 atom stereocenters. The van der Waals surface area contributed by atoms with Gasteiger partial charge in [0.1, 0.15) is 11.4 Å². The van der Waals surface area contributed by atoms with Gasteiger partial charge in [0, 0.05) is 47.3 Å². The summed E-state index contributed by atoms with van der Waals surface area (Å²) in [6.07, 6.45) is 1.82. The van der Waals surface area contributed by atoms with Gasteiger partial charge in [-0.25, -0.2) is 9.78 Å². The van der Waals surface area contributed by atoms with E-state index in [0.29, 0.717) is 19.0 Å². The first-order valence-electron chi connectivity index (χ1n) is 11.2. The van der Waals surface area contributed by atoms with Gasteiger partial charge in [-0.3, -0.25) is 4.99 Å². The molecule has 182 valence electrons. The van der Waals surface area contributed by atoms with E-state index in [1.165, 1.54) is 0 Å². The third-order valence-corrected chi connectivity index (χ3v) is 5.32. The van der Waals surface area contributed by atoms with Crippen molar-refractivity contribution >= 4 is 41.8 Å². The van der Waals surface area contributed by atoms with Crippen LogP contribution in [-0.2, 0) is 11.3 Å². The highest BCUT2D eigenvalue weighted by Gasteiger charge is 2.27. The Morgan fingerprint density at radius 1 is 1.28 bits per heavy atom. The fraction of sp³-hybridized carbons (Fsp3) is 0.696. The first kappa shape index (κ1) is 28.3. The number of ether oxygens (including phenoxy) is 1. The average Bonchev–Trinajstić information content (AvgIpc) is 2.72. The predicted molar refractivity (Wildman–Crippen MR) is 142 cm³/mol. The number of anilines is 1. The summed E-state index contributed by atoms with van der Waals surface area (Å²) in [5.74, 6) is 2.32. The summed E-state index contributed by atoms with van der Waals surface area (Å²) < 4.78 is 5.54. The third-order valence-electron chi connectivity index (χ3n) is 5.32. The molecule has 32 heavy (non-hydrogen) atoms. The maximum absolute atomic E-state index is 12.4. The molecule has 1 aromatic rings. The van der Waals surface area contributed by atoms with Gasteiger partial charge in [-0.05, 0) is 58.6 Å². The van der Waals surface area contributed by atoms with Crippen molar-refractivity contribution in [1.29, 1.82) is 0 Å². The summed E-state index contributed by atoms with van der Waals surface area (Å²) in [6, 6.07) is 6.05. The Kier molecular flexibility index (Phi) is 11.5. The van der Waals surface area contributed by atoms with Gasteiger partial charge >= 0.3 is 6.09 Å². The molecule has 2 rings (SSSR count). The van der Waals surface area contributed by atoms with Crippen molar-refractivity contribution < 1.29 is 9.53 Å². The summed E-state index contributed by atoms with van der Waals surface area (Å²) in [5, 5.41) is 3.44. The number of likely N-dealkylation sites (tertiary alicyclic amines) is 1. The first-order valence-corrected chi connectivity index (χ1v) is 11.2. The Labute approximate surface area is 210 Å². The number of halogens is 1. The molecule has 0 aromatic carbocycles. The van der Waals surface area contributed by atoms with Crippen LogP contribution >= 0.6 is 24.0 Å². The standard InChI is InChI=1S/C23H40N6O2.HI/c1-8-28(22(30)31-23(2,3)4)17-18-12-14-29(15-13-18)21(24-5)25-16-19-10-9-11-20(26-19)27(6)7;/h9-11,18H,8,12-17H2,1-7H3,(H,24,25);1H. The Balaban J connectivity index is 0.00000512. The number of guanidine groups is 1. The smallest absolute Gasteiger partial charge is 0.410 e. The molecule has 8 nitrogen and oxygen atoms in total. The monoisotopic (exact) mass is 560 g/mol. The van der Waals surface area contributed by atoms with E-state index in [4.69, 9.17) is 4.74 Å². The zero-order valence-electron chi connectivity index (χ0n) is 20.7. The number of nitrogens with one attached hydrogen (secondary N) is 1. The van der Waals surface area contributed by atoms with E-state index in [0.717, 1.165) is 49.9 Å². The topological polar surface area (TPSA) is 73.3 Å². The second-order valence-electron chi connectivity index (χ2n) is 9.23. The van der Waals surface area contributed by atoms with Crippen molar-refractivity contribution in [2.75, 3.05) is 52.2 Å². The lowest BCUT2D eigenvalue weighted by molar-refractivity contribution is 0.0214. The molecule has 0 aliphatic carbocycles. The second kappa shape index (κ2) is 13.1. The zero-order valence-corrected chi connectivity index (χ0v) is 23.1. The zero-order chi connectivity index (χ0) is 23.0. The summed E-state index contributed by atoms with van der Waals surface area (Å²) in [6.45, 7) is 11.6. The Morgan fingerprint density at radius 3 is 2.47 bits per heavy atom. The maximum Gasteiger partial charge on any atom is 0.410 e. The van der Waals surface area contributed by atoms with Gasteiger partial charge in [0.2, 0.25) is 0 Å². The SMILES string of the molecule is CCN(CC1CCN(C(=NC)NCc2cccc(N(C)C)n2)CC1)C(=O)OC(C)(C)C.I. The van der Waals surface area contributed by atoms with E-state index >= 15 is 0 Å². The Hall–Kier alpha value is -1.78. The van der Waals surface area contributed by atoms with Crippen molar-refractivity contribution in [3.8, 4) is 0 Å². The molecule has 0 saturated carbocycles. The number of amides is 1. The molecule has 9 heteroatoms. The molecule has 1 amide bonds. The minimum Gasteiger partial charge on any atom is -0.444 e. The molecule has 0 unspecified atom stereocenters. The minimum absolute atomic E-state index is 0. The molecule has 1 saturated heterocycles. The molecule has 1 N–H and O–H groups in total. The lowest BCUT2D eigenvalue weighted by Crippen LogP contribution is -2.47. The molecule has 0 radical (unpaired) electrons. The van der Waals surface area contributed by atoms with Crippen LogP contribution in [0.15, 0.2) is 23.2 Å². The molecule has 0 spiro atoms. The van der Waals surface area contributed by atoms with E-state index in [1.54, 1.807) is 0 Å². The van der Waals surface area contributed by atoms with Crippen LogP contribution in [0.3, 0.4) is 0 Å². The van der Waals surface area contributed by atoms with Crippen molar-refractivity contribution in [3.63, 3.8) is 0 Å². The molecule has 1 fully saturated rings. The van der Waals surface area contributed by atoms with Gasteiger partial charge in [0.25, 0.3) is 0 Å².